The second-order valence-corrected chi connectivity index (χ2v) is 8.83. The Balaban J connectivity index is 0.00000420. The first-order chi connectivity index (χ1) is 13.0. The lowest BCUT2D eigenvalue weighted by Gasteiger charge is -2.30. The summed E-state index contributed by atoms with van der Waals surface area (Å²) < 4.78 is 5.96. The van der Waals surface area contributed by atoms with E-state index < -0.39 is 11.7 Å². The van der Waals surface area contributed by atoms with Gasteiger partial charge in [-0.2, -0.15) is 0 Å². The van der Waals surface area contributed by atoms with Crippen molar-refractivity contribution in [3.8, 4) is 0 Å². The Labute approximate surface area is 183 Å². The van der Waals surface area contributed by atoms with E-state index in [9.17, 15) is 14.4 Å². The molecule has 0 fully saturated rings. The third-order valence-electron chi connectivity index (χ3n) is 4.63. The maximum absolute atomic E-state index is 12.4. The number of halogens is 1. The van der Waals surface area contributed by atoms with Crippen LogP contribution in [-0.4, -0.2) is 73.2 Å². The number of hydrogen-bond acceptors (Lipinski definition) is 4. The minimum Gasteiger partial charge on any atom is -1.00 e. The molecule has 29 heavy (non-hydrogen) atoms. The molecule has 8 heteroatoms. The minimum absolute atomic E-state index is 0. The number of fused-ring (bicyclic) bond motifs is 1. The quantitative estimate of drug-likeness (QED) is 0.321. The summed E-state index contributed by atoms with van der Waals surface area (Å²) in [6, 6.07) is 6.96. The Bertz CT molecular complexity index is 709. The van der Waals surface area contributed by atoms with Crippen molar-refractivity contribution >= 4 is 17.9 Å². The van der Waals surface area contributed by atoms with Gasteiger partial charge in [-0.3, -0.25) is 14.5 Å². The van der Waals surface area contributed by atoms with E-state index in [1.807, 2.05) is 20.8 Å². The number of imide groups is 1. The maximum atomic E-state index is 12.4. The number of nitrogens with one attached hydrogen (secondary N) is 1. The van der Waals surface area contributed by atoms with Crippen molar-refractivity contribution in [2.75, 3.05) is 40.3 Å². The summed E-state index contributed by atoms with van der Waals surface area (Å²) >= 11 is 0. The first kappa shape index (κ1) is 25.1. The molecule has 1 aliphatic rings. The monoisotopic (exact) mass is 469 g/mol. The topological polar surface area (TPSA) is 75.7 Å². The third-order valence-corrected chi connectivity index (χ3v) is 4.63. The smallest absolute Gasteiger partial charge is 0.407 e. The van der Waals surface area contributed by atoms with E-state index in [0.717, 1.165) is 30.4 Å². The Morgan fingerprint density at radius 2 is 1.55 bits per heavy atom. The molecule has 3 amide bonds. The zero-order valence-electron chi connectivity index (χ0n) is 18.0. The molecule has 0 radical (unpaired) electrons. The molecule has 7 nitrogen and oxygen atoms in total. The second-order valence-electron chi connectivity index (χ2n) is 8.83. The third kappa shape index (κ3) is 7.44. The number of amides is 3. The van der Waals surface area contributed by atoms with Crippen molar-refractivity contribution in [1.82, 2.24) is 10.2 Å². The molecule has 0 bridgehead atoms. The first-order valence-electron chi connectivity index (χ1n) is 9.74. The molecule has 1 aromatic rings. The predicted octanol–water partition coefficient (Wildman–Crippen LogP) is -0.332. The molecule has 1 heterocycles. The van der Waals surface area contributed by atoms with Crippen molar-refractivity contribution < 1.29 is 40.6 Å². The first-order valence-corrected chi connectivity index (χ1v) is 9.74. The summed E-state index contributed by atoms with van der Waals surface area (Å²) in [5, 5.41) is 2.77. The van der Waals surface area contributed by atoms with Gasteiger partial charge in [0, 0.05) is 25.9 Å². The maximum Gasteiger partial charge on any atom is 0.407 e. The van der Waals surface area contributed by atoms with E-state index in [0.29, 0.717) is 24.2 Å². The number of ether oxygens (including phenoxy) is 1. The van der Waals surface area contributed by atoms with Gasteiger partial charge < -0.3 is 31.5 Å². The highest BCUT2D eigenvalue weighted by Gasteiger charge is 2.34. The van der Waals surface area contributed by atoms with Crippen LogP contribution in [0.2, 0.25) is 0 Å². The highest BCUT2D eigenvalue weighted by atomic mass is 79.9. The van der Waals surface area contributed by atoms with Gasteiger partial charge in [0.25, 0.3) is 11.8 Å². The van der Waals surface area contributed by atoms with E-state index in [1.165, 1.54) is 4.90 Å². The van der Waals surface area contributed by atoms with Crippen LogP contribution in [0.25, 0.3) is 0 Å². The number of nitrogens with zero attached hydrogens (tertiary/aromatic N) is 2. The van der Waals surface area contributed by atoms with Gasteiger partial charge >= 0.3 is 6.09 Å². The number of carbonyl (C=O) groups is 3. The molecular formula is C21H32BrN3O4. The number of alkyl carbamates (subject to hydrolysis) is 1. The fourth-order valence-electron chi connectivity index (χ4n) is 3.22. The standard InChI is InChI=1S/C21H31N3O4.BrH/c1-21(2,3)28-20(27)22-12-8-14-24(4,5)15-9-13-23-18(25)16-10-6-7-11-17(16)19(23)26;/h6-7,10-11H,8-9,12-15H2,1-5H3;1H. The fourth-order valence-corrected chi connectivity index (χ4v) is 3.22. The van der Waals surface area contributed by atoms with Crippen LogP contribution in [0.15, 0.2) is 24.3 Å². The van der Waals surface area contributed by atoms with Crippen molar-refractivity contribution in [3.05, 3.63) is 35.4 Å². The van der Waals surface area contributed by atoms with Gasteiger partial charge in [0.05, 0.1) is 38.3 Å². The SMILES string of the molecule is CC(C)(C)OC(=O)NCCC[N+](C)(C)CCCN1C(=O)c2ccccc2C1=O.[Br-]. The average molecular weight is 470 g/mol. The van der Waals surface area contributed by atoms with Gasteiger partial charge in [-0.15, -0.1) is 0 Å². The summed E-state index contributed by atoms with van der Waals surface area (Å²) in [4.78, 5) is 37.8. The second kappa shape index (κ2) is 10.2. The summed E-state index contributed by atoms with van der Waals surface area (Å²) in [6.07, 6.45) is 1.15. The molecule has 0 unspecified atom stereocenters. The molecule has 0 aliphatic carbocycles. The van der Waals surface area contributed by atoms with Crippen LogP contribution in [0.4, 0.5) is 4.79 Å². The van der Waals surface area contributed by atoms with Gasteiger partial charge in [0.1, 0.15) is 5.60 Å². The molecule has 162 valence electrons. The highest BCUT2D eigenvalue weighted by Crippen LogP contribution is 2.22. The zero-order chi connectivity index (χ0) is 20.9. The van der Waals surface area contributed by atoms with Gasteiger partial charge in [0.15, 0.2) is 0 Å². The van der Waals surface area contributed by atoms with Crippen molar-refractivity contribution in [3.63, 3.8) is 0 Å². The highest BCUT2D eigenvalue weighted by molar-refractivity contribution is 6.21. The molecule has 0 saturated heterocycles. The van der Waals surface area contributed by atoms with Gasteiger partial charge in [-0.05, 0) is 32.9 Å². The van der Waals surface area contributed by atoms with Crippen molar-refractivity contribution in [1.29, 1.82) is 0 Å². The fraction of sp³-hybridized carbons (Fsp3) is 0.571. The van der Waals surface area contributed by atoms with Crippen LogP contribution in [0.5, 0.6) is 0 Å². The molecule has 2 rings (SSSR count). The molecule has 1 aromatic carbocycles. The molecule has 0 saturated carbocycles. The van der Waals surface area contributed by atoms with Gasteiger partial charge in [-0.1, -0.05) is 12.1 Å². The number of quaternary nitrogens is 1. The zero-order valence-corrected chi connectivity index (χ0v) is 19.5. The lowest BCUT2D eigenvalue weighted by Crippen LogP contribution is -3.00. The summed E-state index contributed by atoms with van der Waals surface area (Å²) in [5.74, 6) is -0.403. The Kier molecular flexibility index (Phi) is 8.84. The largest absolute Gasteiger partial charge is 1.00 e. The summed E-state index contributed by atoms with van der Waals surface area (Å²) in [5.41, 5.74) is 0.493. The minimum atomic E-state index is -0.497. The molecule has 1 N–H and O–H groups in total. The molecule has 0 atom stereocenters. The Morgan fingerprint density at radius 1 is 1.03 bits per heavy atom. The lowest BCUT2D eigenvalue weighted by molar-refractivity contribution is -0.890. The van der Waals surface area contributed by atoms with E-state index in [1.54, 1.807) is 24.3 Å². The normalized spacial score (nSPS) is 13.8. The average Bonchev–Trinajstić information content (AvgIpc) is 2.82. The van der Waals surface area contributed by atoms with Crippen LogP contribution in [0.3, 0.4) is 0 Å². The van der Waals surface area contributed by atoms with Crippen LogP contribution in [-0.2, 0) is 4.74 Å². The molecular weight excluding hydrogens is 438 g/mol. The number of carbonyl (C=O) groups excluding carboxylic acids is 3. The van der Waals surface area contributed by atoms with Crippen LogP contribution in [0, 0.1) is 0 Å². The molecule has 0 spiro atoms. The molecule has 1 aliphatic heterocycles. The van der Waals surface area contributed by atoms with E-state index >= 15 is 0 Å². The lowest BCUT2D eigenvalue weighted by atomic mass is 10.1. The Hall–Kier alpha value is -1.93. The van der Waals surface area contributed by atoms with Crippen molar-refractivity contribution in [2.24, 2.45) is 0 Å². The van der Waals surface area contributed by atoms with Gasteiger partial charge in [-0.25, -0.2) is 4.79 Å². The number of benzene rings is 1. The van der Waals surface area contributed by atoms with Crippen LogP contribution >= 0.6 is 0 Å². The number of rotatable bonds is 8. The van der Waals surface area contributed by atoms with Crippen LogP contribution < -0.4 is 22.3 Å². The number of hydrogen-bond donors (Lipinski definition) is 1. The van der Waals surface area contributed by atoms with Gasteiger partial charge in [0.2, 0.25) is 0 Å². The van der Waals surface area contributed by atoms with E-state index in [4.69, 9.17) is 4.74 Å². The predicted molar refractivity (Wildman–Crippen MR) is 107 cm³/mol. The van der Waals surface area contributed by atoms with Crippen molar-refractivity contribution in [2.45, 2.75) is 39.2 Å². The van der Waals surface area contributed by atoms with Crippen LogP contribution in [0.1, 0.15) is 54.3 Å². The summed E-state index contributed by atoms with van der Waals surface area (Å²) in [6.45, 7) is 8.18. The summed E-state index contributed by atoms with van der Waals surface area (Å²) in [7, 11) is 4.21. The van der Waals surface area contributed by atoms with E-state index in [2.05, 4.69) is 19.4 Å². The Morgan fingerprint density at radius 3 is 2.07 bits per heavy atom. The van der Waals surface area contributed by atoms with E-state index in [-0.39, 0.29) is 28.8 Å². The molecule has 0 aromatic heterocycles.